The Balaban J connectivity index is 2.01. The van der Waals surface area contributed by atoms with Crippen molar-refractivity contribution in [2.24, 2.45) is 0 Å². The number of nitrogens with one attached hydrogen (secondary N) is 1. The van der Waals surface area contributed by atoms with Gasteiger partial charge in [0.2, 0.25) is 9.84 Å². The van der Waals surface area contributed by atoms with Crippen molar-refractivity contribution in [3.63, 3.8) is 0 Å². The van der Waals surface area contributed by atoms with Crippen molar-refractivity contribution < 1.29 is 13.3 Å². The average Bonchev–Trinajstić information content (AvgIpc) is 3.05. The highest BCUT2D eigenvalue weighted by Crippen LogP contribution is 2.32. The molecule has 1 aromatic heterocycles. The molecule has 0 bridgehead atoms. The second-order valence-electron chi connectivity index (χ2n) is 5.49. The number of non-ortho nitro benzene ring substituents is 1. The van der Waals surface area contributed by atoms with Gasteiger partial charge in [-0.2, -0.15) is 5.10 Å². The van der Waals surface area contributed by atoms with Crippen LogP contribution in [-0.2, 0) is 9.84 Å². The largest absolute Gasteiger partial charge is 0.270 e. The lowest BCUT2D eigenvalue weighted by atomic mass is 10.1. The monoisotopic (exact) mass is 353 g/mol. The van der Waals surface area contributed by atoms with Gasteiger partial charge in [0.15, 0.2) is 5.03 Å². The number of hydrogen-bond acceptors (Lipinski definition) is 5. The molecule has 3 aromatic carbocycles. The van der Waals surface area contributed by atoms with E-state index in [-0.39, 0.29) is 21.0 Å². The first-order valence-electron chi connectivity index (χ1n) is 7.34. The van der Waals surface area contributed by atoms with E-state index in [0.29, 0.717) is 10.9 Å². The SMILES string of the molecule is O=[N+]([O-])c1ccc2n[nH]c(S(=O)(=O)c3cccc4ccccc34)c2c1. The third-order valence-electron chi connectivity index (χ3n) is 4.02. The van der Waals surface area contributed by atoms with Gasteiger partial charge in [0, 0.05) is 22.9 Å². The Morgan fingerprint density at radius 1 is 0.960 bits per heavy atom. The van der Waals surface area contributed by atoms with E-state index in [4.69, 9.17) is 0 Å². The zero-order valence-corrected chi connectivity index (χ0v) is 13.5. The Morgan fingerprint density at radius 3 is 2.52 bits per heavy atom. The molecular weight excluding hydrogens is 342 g/mol. The van der Waals surface area contributed by atoms with Crippen molar-refractivity contribution >= 4 is 37.2 Å². The molecule has 0 aliphatic heterocycles. The number of H-pyrrole nitrogens is 1. The maximum absolute atomic E-state index is 13.2. The highest BCUT2D eigenvalue weighted by molar-refractivity contribution is 7.91. The van der Waals surface area contributed by atoms with E-state index < -0.39 is 14.8 Å². The maximum atomic E-state index is 13.2. The molecule has 0 aliphatic carbocycles. The molecule has 0 radical (unpaired) electrons. The molecule has 25 heavy (non-hydrogen) atoms. The summed E-state index contributed by atoms with van der Waals surface area (Å²) in [6.45, 7) is 0. The minimum absolute atomic E-state index is 0.127. The lowest BCUT2D eigenvalue weighted by molar-refractivity contribution is -0.384. The number of sulfone groups is 1. The van der Waals surface area contributed by atoms with Crippen LogP contribution >= 0.6 is 0 Å². The normalized spacial score (nSPS) is 11.8. The van der Waals surface area contributed by atoms with Crippen molar-refractivity contribution in [1.82, 2.24) is 10.2 Å². The van der Waals surface area contributed by atoms with E-state index in [1.54, 1.807) is 18.2 Å². The second kappa shape index (κ2) is 5.38. The summed E-state index contributed by atoms with van der Waals surface area (Å²) >= 11 is 0. The van der Waals surface area contributed by atoms with Gasteiger partial charge in [-0.05, 0) is 17.5 Å². The van der Waals surface area contributed by atoms with Crippen LogP contribution in [0.2, 0.25) is 0 Å². The third-order valence-corrected chi connectivity index (χ3v) is 5.81. The highest BCUT2D eigenvalue weighted by Gasteiger charge is 2.26. The molecule has 0 saturated heterocycles. The summed E-state index contributed by atoms with van der Waals surface area (Å²) in [5, 5.41) is 18.9. The van der Waals surface area contributed by atoms with Crippen molar-refractivity contribution in [2.75, 3.05) is 0 Å². The number of nitro benzene ring substituents is 1. The molecule has 8 heteroatoms. The number of fused-ring (bicyclic) bond motifs is 2. The molecule has 0 amide bonds. The van der Waals surface area contributed by atoms with Crippen LogP contribution in [0, 0.1) is 10.1 Å². The summed E-state index contributed by atoms with van der Waals surface area (Å²) in [4.78, 5) is 10.6. The van der Waals surface area contributed by atoms with E-state index in [1.165, 1.54) is 24.3 Å². The number of rotatable bonds is 3. The smallest absolute Gasteiger partial charge is 0.266 e. The highest BCUT2D eigenvalue weighted by atomic mass is 32.2. The van der Waals surface area contributed by atoms with Crippen molar-refractivity contribution in [1.29, 1.82) is 0 Å². The number of hydrogen-bond donors (Lipinski definition) is 1. The van der Waals surface area contributed by atoms with Crippen LogP contribution in [0.4, 0.5) is 5.69 Å². The molecule has 7 nitrogen and oxygen atoms in total. The maximum Gasteiger partial charge on any atom is 0.270 e. The van der Waals surface area contributed by atoms with E-state index in [1.807, 2.05) is 18.2 Å². The molecule has 0 atom stereocenters. The predicted molar refractivity (Wildman–Crippen MR) is 92.1 cm³/mol. The van der Waals surface area contributed by atoms with E-state index in [9.17, 15) is 18.5 Å². The molecule has 0 saturated carbocycles. The Labute approximate surface area is 142 Å². The van der Waals surface area contributed by atoms with Gasteiger partial charge in [0.1, 0.15) is 0 Å². The number of aromatic amines is 1. The third kappa shape index (κ3) is 2.34. The summed E-state index contributed by atoms with van der Waals surface area (Å²) in [5.41, 5.74) is 0.160. The molecular formula is C17H11N3O4S. The molecule has 4 aromatic rings. The molecule has 1 heterocycles. The van der Waals surface area contributed by atoms with Crippen molar-refractivity contribution in [3.8, 4) is 0 Å². The van der Waals surface area contributed by atoms with Crippen LogP contribution in [0.5, 0.6) is 0 Å². The number of nitrogens with zero attached hydrogens (tertiary/aromatic N) is 2. The van der Waals surface area contributed by atoms with Crippen LogP contribution < -0.4 is 0 Å². The Kier molecular flexibility index (Phi) is 3.29. The molecule has 0 aliphatic rings. The number of nitro groups is 1. The first-order chi connectivity index (χ1) is 12.0. The van der Waals surface area contributed by atoms with E-state index in [0.717, 1.165) is 5.39 Å². The molecule has 0 spiro atoms. The average molecular weight is 353 g/mol. The fraction of sp³-hybridized carbons (Fsp3) is 0. The predicted octanol–water partition coefficient (Wildman–Crippen LogP) is 3.46. The molecule has 4 rings (SSSR count). The minimum atomic E-state index is -3.93. The summed E-state index contributed by atoms with van der Waals surface area (Å²) < 4.78 is 26.3. The number of aromatic nitrogens is 2. The van der Waals surface area contributed by atoms with Gasteiger partial charge >= 0.3 is 0 Å². The Hall–Kier alpha value is -3.26. The van der Waals surface area contributed by atoms with E-state index >= 15 is 0 Å². The van der Waals surface area contributed by atoms with Crippen LogP contribution in [0.3, 0.4) is 0 Å². The van der Waals surface area contributed by atoms with Crippen LogP contribution in [0.15, 0.2) is 70.6 Å². The summed E-state index contributed by atoms with van der Waals surface area (Å²) in [6, 6.07) is 16.1. The lowest BCUT2D eigenvalue weighted by Crippen LogP contribution is -2.04. The minimum Gasteiger partial charge on any atom is -0.266 e. The van der Waals surface area contributed by atoms with Gasteiger partial charge in [-0.1, -0.05) is 36.4 Å². The fourth-order valence-electron chi connectivity index (χ4n) is 2.83. The Morgan fingerprint density at radius 2 is 1.72 bits per heavy atom. The van der Waals surface area contributed by atoms with Gasteiger partial charge in [-0.25, -0.2) is 8.42 Å². The van der Waals surface area contributed by atoms with E-state index in [2.05, 4.69) is 10.2 Å². The topological polar surface area (TPSA) is 106 Å². The molecule has 0 fully saturated rings. The lowest BCUT2D eigenvalue weighted by Gasteiger charge is -2.07. The standard InChI is InChI=1S/C17H11N3O4S/c21-20(22)12-8-9-15-14(10-12)17(19-18-15)25(23,24)16-7-3-5-11-4-1-2-6-13(11)16/h1-10H,(H,18,19). The zero-order valence-electron chi connectivity index (χ0n) is 12.7. The van der Waals surface area contributed by atoms with Gasteiger partial charge in [0.05, 0.1) is 15.3 Å². The quantitative estimate of drug-likeness (QED) is 0.448. The second-order valence-corrected chi connectivity index (χ2v) is 7.35. The summed E-state index contributed by atoms with van der Waals surface area (Å²) in [7, 11) is -3.93. The Bertz CT molecular complexity index is 1240. The van der Waals surface area contributed by atoms with Gasteiger partial charge < -0.3 is 0 Å². The zero-order chi connectivity index (χ0) is 17.6. The van der Waals surface area contributed by atoms with Gasteiger partial charge in [-0.15, -0.1) is 0 Å². The van der Waals surface area contributed by atoms with Crippen LogP contribution in [0.25, 0.3) is 21.7 Å². The van der Waals surface area contributed by atoms with Crippen molar-refractivity contribution in [2.45, 2.75) is 9.92 Å². The molecule has 1 N–H and O–H groups in total. The molecule has 0 unspecified atom stereocenters. The first-order valence-corrected chi connectivity index (χ1v) is 8.82. The van der Waals surface area contributed by atoms with Crippen molar-refractivity contribution in [3.05, 3.63) is 70.8 Å². The van der Waals surface area contributed by atoms with Gasteiger partial charge in [-0.3, -0.25) is 15.2 Å². The molecule has 124 valence electrons. The van der Waals surface area contributed by atoms with Gasteiger partial charge in [0.25, 0.3) is 5.69 Å². The first kappa shape index (κ1) is 15.3. The fourth-order valence-corrected chi connectivity index (χ4v) is 4.40. The summed E-state index contributed by atoms with van der Waals surface area (Å²) in [6.07, 6.45) is 0. The number of benzene rings is 3. The summed E-state index contributed by atoms with van der Waals surface area (Å²) in [5.74, 6) is 0. The van der Waals surface area contributed by atoms with Crippen LogP contribution in [-0.4, -0.2) is 23.5 Å². The van der Waals surface area contributed by atoms with Crippen LogP contribution in [0.1, 0.15) is 0 Å².